The Balaban J connectivity index is 1.81. The molecule has 0 aliphatic heterocycles. The van der Waals surface area contributed by atoms with E-state index in [0.29, 0.717) is 18.7 Å². The molecule has 6 heteroatoms. The number of nitrogens with zero attached hydrogens (tertiary/aromatic N) is 3. The number of carbonyl (C=O) groups is 1. The monoisotopic (exact) mass is 423 g/mol. The first-order valence-electron chi connectivity index (χ1n) is 10.1. The van der Waals surface area contributed by atoms with Gasteiger partial charge in [0.25, 0.3) is 0 Å². The molecule has 1 unspecified atom stereocenters. The molecule has 0 bridgehead atoms. The second-order valence-corrected chi connectivity index (χ2v) is 9.58. The molecule has 0 amide bonds. The van der Waals surface area contributed by atoms with Gasteiger partial charge in [-0.2, -0.15) is 0 Å². The van der Waals surface area contributed by atoms with Gasteiger partial charge in [0.2, 0.25) is 0 Å². The van der Waals surface area contributed by atoms with Crippen LogP contribution in [0.15, 0.2) is 59.8 Å². The lowest BCUT2D eigenvalue weighted by Crippen LogP contribution is -2.16. The Morgan fingerprint density at radius 1 is 1.07 bits per heavy atom. The number of rotatable bonds is 8. The van der Waals surface area contributed by atoms with E-state index in [1.807, 2.05) is 66.1 Å². The van der Waals surface area contributed by atoms with Crippen LogP contribution >= 0.6 is 11.8 Å². The summed E-state index contributed by atoms with van der Waals surface area (Å²) in [5.41, 5.74) is 2.98. The summed E-state index contributed by atoms with van der Waals surface area (Å²) in [4.78, 5) is 13.0. The summed E-state index contributed by atoms with van der Waals surface area (Å²) in [6.45, 7) is 9.58. The fourth-order valence-electron chi connectivity index (χ4n) is 3.14. The molecule has 30 heavy (non-hydrogen) atoms. The first-order chi connectivity index (χ1) is 14.3. The number of Topliss-reactive ketones (excluding diaryl/α,β-unsaturated/α-hetero) is 1. The summed E-state index contributed by atoms with van der Waals surface area (Å²) < 4.78 is 7.29. The Morgan fingerprint density at radius 3 is 2.33 bits per heavy atom. The van der Waals surface area contributed by atoms with Gasteiger partial charge >= 0.3 is 0 Å². The number of hydrogen-bond acceptors (Lipinski definition) is 5. The summed E-state index contributed by atoms with van der Waals surface area (Å²) in [6, 6.07) is 17.9. The third kappa shape index (κ3) is 5.18. The first kappa shape index (κ1) is 22.2. The highest BCUT2D eigenvalue weighted by Gasteiger charge is 2.22. The molecule has 0 radical (unpaired) electrons. The number of methoxy groups -OCH3 is 1. The van der Waals surface area contributed by atoms with Crippen molar-refractivity contribution >= 4 is 17.5 Å². The maximum atomic E-state index is 13.0. The normalized spacial score (nSPS) is 12.7. The van der Waals surface area contributed by atoms with Crippen molar-refractivity contribution in [2.24, 2.45) is 0 Å². The van der Waals surface area contributed by atoms with Crippen LogP contribution in [0.1, 0.15) is 43.6 Å². The van der Waals surface area contributed by atoms with Crippen LogP contribution < -0.4 is 0 Å². The van der Waals surface area contributed by atoms with Gasteiger partial charge in [0.1, 0.15) is 0 Å². The average molecular weight is 424 g/mol. The van der Waals surface area contributed by atoms with Crippen molar-refractivity contribution < 1.29 is 9.53 Å². The molecule has 1 heterocycles. The predicted octanol–water partition coefficient (Wildman–Crippen LogP) is 5.25. The van der Waals surface area contributed by atoms with Crippen LogP contribution in [-0.4, -0.2) is 39.5 Å². The zero-order chi connectivity index (χ0) is 21.7. The third-order valence-corrected chi connectivity index (χ3v) is 6.04. The molecule has 0 spiro atoms. The summed E-state index contributed by atoms with van der Waals surface area (Å²) in [5.74, 6) is 0.868. The highest BCUT2D eigenvalue weighted by atomic mass is 32.2. The van der Waals surface area contributed by atoms with Gasteiger partial charge in [-0.1, -0.05) is 87.1 Å². The number of ketones is 1. The SMILES string of the molecule is COCCn1c(SC(C)C(=O)c2ccc(C(C)(C)C)cc2)nnc1-c1ccccc1. The Hall–Kier alpha value is -2.44. The molecule has 3 aromatic rings. The summed E-state index contributed by atoms with van der Waals surface area (Å²) in [5, 5.41) is 9.21. The average Bonchev–Trinajstić information content (AvgIpc) is 3.14. The van der Waals surface area contributed by atoms with Gasteiger partial charge in [-0.05, 0) is 17.9 Å². The standard InChI is InChI=1S/C24H29N3O2S/c1-17(21(28)18-11-13-20(14-12-18)24(2,3)4)30-23-26-25-22(27(23)15-16-29-5)19-9-7-6-8-10-19/h6-14,17H,15-16H2,1-5H3. The number of hydrogen-bond donors (Lipinski definition) is 0. The number of carbonyl (C=O) groups excluding carboxylic acids is 1. The second-order valence-electron chi connectivity index (χ2n) is 8.27. The highest BCUT2D eigenvalue weighted by molar-refractivity contribution is 8.00. The van der Waals surface area contributed by atoms with Crippen molar-refractivity contribution in [3.8, 4) is 11.4 Å². The zero-order valence-electron chi connectivity index (χ0n) is 18.3. The summed E-state index contributed by atoms with van der Waals surface area (Å²) in [7, 11) is 1.67. The molecular weight excluding hydrogens is 394 g/mol. The molecule has 2 aromatic carbocycles. The molecule has 0 aliphatic carbocycles. The van der Waals surface area contributed by atoms with Crippen molar-refractivity contribution in [2.45, 2.75) is 50.1 Å². The lowest BCUT2D eigenvalue weighted by atomic mass is 9.86. The van der Waals surface area contributed by atoms with E-state index < -0.39 is 0 Å². The van der Waals surface area contributed by atoms with E-state index in [4.69, 9.17) is 4.74 Å². The minimum absolute atomic E-state index is 0.0630. The van der Waals surface area contributed by atoms with E-state index in [0.717, 1.165) is 16.5 Å². The maximum absolute atomic E-state index is 13.0. The van der Waals surface area contributed by atoms with Crippen LogP contribution in [0.3, 0.4) is 0 Å². The van der Waals surface area contributed by atoms with E-state index >= 15 is 0 Å². The van der Waals surface area contributed by atoms with E-state index in [2.05, 4.69) is 31.0 Å². The second kappa shape index (κ2) is 9.58. The van der Waals surface area contributed by atoms with Crippen molar-refractivity contribution in [3.63, 3.8) is 0 Å². The fraction of sp³-hybridized carbons (Fsp3) is 0.375. The quantitative estimate of drug-likeness (QED) is 0.366. The molecule has 5 nitrogen and oxygen atoms in total. The van der Waals surface area contributed by atoms with Crippen molar-refractivity contribution in [2.75, 3.05) is 13.7 Å². The molecule has 0 saturated heterocycles. The van der Waals surface area contributed by atoms with Gasteiger partial charge < -0.3 is 4.74 Å². The van der Waals surface area contributed by atoms with Crippen molar-refractivity contribution in [1.29, 1.82) is 0 Å². The molecule has 1 aromatic heterocycles. The largest absolute Gasteiger partial charge is 0.383 e. The number of benzene rings is 2. The van der Waals surface area contributed by atoms with Gasteiger partial charge in [0, 0.05) is 18.2 Å². The Kier molecular flexibility index (Phi) is 7.10. The van der Waals surface area contributed by atoms with E-state index in [1.165, 1.54) is 17.3 Å². The Morgan fingerprint density at radius 2 is 1.73 bits per heavy atom. The topological polar surface area (TPSA) is 57.0 Å². The lowest BCUT2D eigenvalue weighted by molar-refractivity contribution is 0.0993. The van der Waals surface area contributed by atoms with Crippen LogP contribution in [0.4, 0.5) is 0 Å². The molecular formula is C24H29N3O2S. The molecule has 3 rings (SSSR count). The highest BCUT2D eigenvalue weighted by Crippen LogP contribution is 2.29. The molecule has 158 valence electrons. The van der Waals surface area contributed by atoms with Gasteiger partial charge in [-0.3, -0.25) is 9.36 Å². The van der Waals surface area contributed by atoms with E-state index in [-0.39, 0.29) is 16.4 Å². The minimum Gasteiger partial charge on any atom is -0.383 e. The van der Waals surface area contributed by atoms with E-state index in [9.17, 15) is 4.79 Å². The first-order valence-corrected chi connectivity index (χ1v) is 11.0. The number of aromatic nitrogens is 3. The number of thioether (sulfide) groups is 1. The summed E-state index contributed by atoms with van der Waals surface area (Å²) in [6.07, 6.45) is 0. The lowest BCUT2D eigenvalue weighted by Gasteiger charge is -2.19. The fourth-order valence-corrected chi connectivity index (χ4v) is 4.09. The molecule has 1 atom stereocenters. The zero-order valence-corrected chi connectivity index (χ0v) is 19.1. The van der Waals surface area contributed by atoms with Gasteiger partial charge in [-0.25, -0.2) is 0 Å². The predicted molar refractivity (Wildman–Crippen MR) is 122 cm³/mol. The third-order valence-electron chi connectivity index (χ3n) is 4.95. The smallest absolute Gasteiger partial charge is 0.192 e. The van der Waals surface area contributed by atoms with E-state index in [1.54, 1.807) is 7.11 Å². The maximum Gasteiger partial charge on any atom is 0.192 e. The van der Waals surface area contributed by atoms with Crippen LogP contribution in [0.5, 0.6) is 0 Å². The van der Waals surface area contributed by atoms with Crippen molar-refractivity contribution in [3.05, 3.63) is 65.7 Å². The molecule has 0 aliphatic rings. The summed E-state index contributed by atoms with van der Waals surface area (Å²) >= 11 is 1.43. The molecule has 0 saturated carbocycles. The Labute approximate surface area is 182 Å². The van der Waals surface area contributed by atoms with Gasteiger partial charge in [0.05, 0.1) is 18.4 Å². The molecule has 0 fully saturated rings. The van der Waals surface area contributed by atoms with Gasteiger partial charge in [0.15, 0.2) is 16.8 Å². The van der Waals surface area contributed by atoms with Crippen LogP contribution in [0.2, 0.25) is 0 Å². The minimum atomic E-state index is -0.278. The van der Waals surface area contributed by atoms with Crippen molar-refractivity contribution in [1.82, 2.24) is 14.8 Å². The van der Waals surface area contributed by atoms with Crippen LogP contribution in [0.25, 0.3) is 11.4 Å². The van der Waals surface area contributed by atoms with Crippen LogP contribution in [-0.2, 0) is 16.7 Å². The molecule has 0 N–H and O–H groups in total. The van der Waals surface area contributed by atoms with Crippen LogP contribution in [0, 0.1) is 0 Å². The number of ether oxygens (including phenoxy) is 1. The Bertz CT molecular complexity index is 976. The van der Waals surface area contributed by atoms with Gasteiger partial charge in [-0.15, -0.1) is 10.2 Å².